The molecule has 1 aromatic heterocycles. The summed E-state index contributed by atoms with van der Waals surface area (Å²) < 4.78 is 6.64. The van der Waals surface area contributed by atoms with E-state index in [-0.39, 0.29) is 11.8 Å². The standard InChI is InChI=1S/C11H19N3O2/c1-3-14-8-9(7-13-14)11(15)6-10(12)4-5-16-2/h7-8,10H,3-6,12H2,1-2H3. The second-order valence-corrected chi connectivity index (χ2v) is 3.75. The topological polar surface area (TPSA) is 70.1 Å². The predicted octanol–water partition coefficient (Wildman–Crippen LogP) is 0.840. The van der Waals surface area contributed by atoms with Crippen molar-refractivity contribution in [1.82, 2.24) is 9.78 Å². The van der Waals surface area contributed by atoms with Crippen molar-refractivity contribution in [3.63, 3.8) is 0 Å². The Morgan fingerprint density at radius 3 is 3.00 bits per heavy atom. The summed E-state index contributed by atoms with van der Waals surface area (Å²) in [6.07, 6.45) is 4.39. The van der Waals surface area contributed by atoms with Crippen LogP contribution in [-0.2, 0) is 11.3 Å². The van der Waals surface area contributed by atoms with E-state index in [9.17, 15) is 4.79 Å². The van der Waals surface area contributed by atoms with E-state index < -0.39 is 0 Å². The molecule has 1 heterocycles. The highest BCUT2D eigenvalue weighted by atomic mass is 16.5. The van der Waals surface area contributed by atoms with E-state index in [2.05, 4.69) is 5.10 Å². The summed E-state index contributed by atoms with van der Waals surface area (Å²) in [4.78, 5) is 11.8. The largest absolute Gasteiger partial charge is 0.385 e. The number of aromatic nitrogens is 2. The Labute approximate surface area is 95.6 Å². The van der Waals surface area contributed by atoms with E-state index in [4.69, 9.17) is 10.5 Å². The zero-order valence-electron chi connectivity index (χ0n) is 9.85. The van der Waals surface area contributed by atoms with Crippen molar-refractivity contribution in [2.24, 2.45) is 5.73 Å². The SMILES string of the molecule is CCn1cc(C(=O)CC(N)CCOC)cn1. The Morgan fingerprint density at radius 1 is 1.69 bits per heavy atom. The van der Waals surface area contributed by atoms with Gasteiger partial charge in [-0.1, -0.05) is 0 Å². The third-order valence-electron chi connectivity index (χ3n) is 2.42. The molecule has 0 aliphatic rings. The average Bonchev–Trinajstić information content (AvgIpc) is 2.74. The normalized spacial score (nSPS) is 12.7. The minimum atomic E-state index is -0.141. The fourth-order valence-electron chi connectivity index (χ4n) is 1.41. The molecule has 0 saturated carbocycles. The Bertz CT molecular complexity index is 336. The van der Waals surface area contributed by atoms with E-state index in [1.54, 1.807) is 24.2 Å². The predicted molar refractivity (Wildman–Crippen MR) is 61.3 cm³/mol. The first kappa shape index (κ1) is 12.9. The van der Waals surface area contributed by atoms with Crippen LogP contribution in [0.2, 0.25) is 0 Å². The molecule has 0 radical (unpaired) electrons. The van der Waals surface area contributed by atoms with Gasteiger partial charge in [-0.25, -0.2) is 0 Å². The van der Waals surface area contributed by atoms with Gasteiger partial charge in [0.05, 0.1) is 11.8 Å². The molecular weight excluding hydrogens is 206 g/mol. The monoisotopic (exact) mass is 225 g/mol. The number of hydrogen-bond acceptors (Lipinski definition) is 4. The molecule has 0 aliphatic heterocycles. The van der Waals surface area contributed by atoms with E-state index in [1.165, 1.54) is 0 Å². The molecule has 5 nitrogen and oxygen atoms in total. The van der Waals surface area contributed by atoms with Crippen molar-refractivity contribution in [3.8, 4) is 0 Å². The number of ether oxygens (including phenoxy) is 1. The lowest BCUT2D eigenvalue weighted by molar-refractivity contribution is 0.0967. The Kier molecular flexibility index (Phi) is 5.14. The van der Waals surface area contributed by atoms with Crippen LogP contribution in [0, 0.1) is 0 Å². The molecule has 5 heteroatoms. The van der Waals surface area contributed by atoms with Gasteiger partial charge >= 0.3 is 0 Å². The maximum absolute atomic E-state index is 11.8. The third kappa shape index (κ3) is 3.75. The second-order valence-electron chi connectivity index (χ2n) is 3.75. The summed E-state index contributed by atoms with van der Waals surface area (Å²) in [6.45, 7) is 3.33. The van der Waals surface area contributed by atoms with Crippen LogP contribution in [0.3, 0.4) is 0 Å². The van der Waals surface area contributed by atoms with Crippen LogP contribution in [0.5, 0.6) is 0 Å². The first-order valence-electron chi connectivity index (χ1n) is 5.47. The van der Waals surface area contributed by atoms with Gasteiger partial charge in [0.1, 0.15) is 0 Å². The molecular formula is C11H19N3O2. The minimum absolute atomic E-state index is 0.0447. The van der Waals surface area contributed by atoms with Crippen LogP contribution in [0.25, 0.3) is 0 Å². The second kappa shape index (κ2) is 6.40. The van der Waals surface area contributed by atoms with Crippen molar-refractivity contribution in [2.45, 2.75) is 32.4 Å². The number of carbonyl (C=O) groups excluding carboxylic acids is 1. The van der Waals surface area contributed by atoms with Crippen LogP contribution in [0.15, 0.2) is 12.4 Å². The van der Waals surface area contributed by atoms with Crippen LogP contribution >= 0.6 is 0 Å². The van der Waals surface area contributed by atoms with Crippen molar-refractivity contribution in [2.75, 3.05) is 13.7 Å². The number of nitrogens with zero attached hydrogens (tertiary/aromatic N) is 2. The van der Waals surface area contributed by atoms with Gasteiger partial charge in [-0.15, -0.1) is 0 Å². The van der Waals surface area contributed by atoms with Crippen LogP contribution in [0.1, 0.15) is 30.1 Å². The first-order valence-corrected chi connectivity index (χ1v) is 5.47. The van der Waals surface area contributed by atoms with Gasteiger partial charge in [-0.3, -0.25) is 9.48 Å². The molecule has 0 aliphatic carbocycles. The summed E-state index contributed by atoms with van der Waals surface area (Å²) in [5, 5.41) is 4.06. The highest BCUT2D eigenvalue weighted by molar-refractivity contribution is 5.95. The summed E-state index contributed by atoms with van der Waals surface area (Å²) in [6, 6.07) is -0.141. The van der Waals surface area contributed by atoms with Gasteiger partial charge in [0.2, 0.25) is 0 Å². The van der Waals surface area contributed by atoms with E-state index in [1.807, 2.05) is 6.92 Å². The highest BCUT2D eigenvalue weighted by Crippen LogP contribution is 2.06. The lowest BCUT2D eigenvalue weighted by Gasteiger charge is -2.08. The van der Waals surface area contributed by atoms with E-state index in [0.29, 0.717) is 25.0 Å². The quantitative estimate of drug-likeness (QED) is 0.698. The zero-order chi connectivity index (χ0) is 12.0. The molecule has 2 N–H and O–H groups in total. The number of methoxy groups -OCH3 is 1. The van der Waals surface area contributed by atoms with E-state index >= 15 is 0 Å². The molecule has 1 atom stereocenters. The Morgan fingerprint density at radius 2 is 2.44 bits per heavy atom. The molecule has 0 fully saturated rings. The maximum Gasteiger partial charge on any atom is 0.167 e. The summed E-state index contributed by atoms with van der Waals surface area (Å²) >= 11 is 0. The first-order chi connectivity index (χ1) is 7.67. The number of Topliss-reactive ketones (excluding diaryl/α,β-unsaturated/α-hetero) is 1. The van der Waals surface area contributed by atoms with Crippen LogP contribution in [0.4, 0.5) is 0 Å². The molecule has 0 saturated heterocycles. The van der Waals surface area contributed by atoms with Crippen molar-refractivity contribution < 1.29 is 9.53 Å². The molecule has 0 bridgehead atoms. The van der Waals surface area contributed by atoms with E-state index in [0.717, 1.165) is 6.54 Å². The fraction of sp³-hybridized carbons (Fsp3) is 0.636. The van der Waals surface area contributed by atoms with Gasteiger partial charge in [0, 0.05) is 38.9 Å². The molecule has 0 amide bonds. The molecule has 1 unspecified atom stereocenters. The number of aryl methyl sites for hydroxylation is 1. The fourth-order valence-corrected chi connectivity index (χ4v) is 1.41. The average molecular weight is 225 g/mol. The van der Waals surface area contributed by atoms with Gasteiger partial charge in [0.25, 0.3) is 0 Å². The molecule has 1 aromatic rings. The number of hydrogen-bond donors (Lipinski definition) is 1. The number of nitrogens with two attached hydrogens (primary N) is 1. The number of rotatable bonds is 7. The minimum Gasteiger partial charge on any atom is -0.385 e. The van der Waals surface area contributed by atoms with Crippen molar-refractivity contribution >= 4 is 5.78 Å². The lowest BCUT2D eigenvalue weighted by atomic mass is 10.1. The molecule has 0 aromatic carbocycles. The highest BCUT2D eigenvalue weighted by Gasteiger charge is 2.13. The van der Waals surface area contributed by atoms with Crippen molar-refractivity contribution in [1.29, 1.82) is 0 Å². The van der Waals surface area contributed by atoms with Gasteiger partial charge in [-0.05, 0) is 13.3 Å². The summed E-state index contributed by atoms with van der Waals surface area (Å²) in [7, 11) is 1.62. The van der Waals surface area contributed by atoms with Crippen LogP contribution < -0.4 is 5.73 Å². The lowest BCUT2D eigenvalue weighted by Crippen LogP contribution is -2.25. The molecule has 0 spiro atoms. The Balaban J connectivity index is 2.45. The third-order valence-corrected chi connectivity index (χ3v) is 2.42. The smallest absolute Gasteiger partial charge is 0.167 e. The van der Waals surface area contributed by atoms with Gasteiger partial charge in [0.15, 0.2) is 5.78 Å². The van der Waals surface area contributed by atoms with Crippen LogP contribution in [-0.4, -0.2) is 35.3 Å². The van der Waals surface area contributed by atoms with Gasteiger partial charge in [-0.2, -0.15) is 5.10 Å². The zero-order valence-corrected chi connectivity index (χ0v) is 9.85. The van der Waals surface area contributed by atoms with Crippen molar-refractivity contribution in [3.05, 3.63) is 18.0 Å². The molecule has 90 valence electrons. The number of ketones is 1. The number of carbonyl (C=O) groups is 1. The summed E-state index contributed by atoms with van der Waals surface area (Å²) in [5.41, 5.74) is 6.44. The molecule has 16 heavy (non-hydrogen) atoms. The summed E-state index contributed by atoms with van der Waals surface area (Å²) in [5.74, 6) is 0.0447. The van der Waals surface area contributed by atoms with Gasteiger partial charge < -0.3 is 10.5 Å². The molecule has 1 rings (SSSR count). The Hall–Kier alpha value is -1.20. The maximum atomic E-state index is 11.8.